The zero-order chi connectivity index (χ0) is 19.4. The van der Waals surface area contributed by atoms with Crippen LogP contribution in [0.1, 0.15) is 28.8 Å². The summed E-state index contributed by atoms with van der Waals surface area (Å²) in [4.78, 5) is 42.5. The number of nitrogens with one attached hydrogen (secondary N) is 1. The van der Waals surface area contributed by atoms with E-state index in [4.69, 9.17) is 0 Å². The van der Waals surface area contributed by atoms with Gasteiger partial charge < -0.3 is 4.90 Å². The van der Waals surface area contributed by atoms with E-state index < -0.39 is 12.0 Å². The highest BCUT2D eigenvalue weighted by Crippen LogP contribution is 2.40. The molecule has 5 nitrogen and oxygen atoms in total. The lowest BCUT2D eigenvalue weighted by molar-refractivity contribution is -0.915. The van der Waals surface area contributed by atoms with Crippen LogP contribution in [0.15, 0.2) is 54.6 Å². The standard InChI is InChI=1S/C23H22N2O3/c1-14-9-11-16(12-10-14)25-22(27)18-17-8-5-13-24(17)20(19(18)23(25)28)21(26)15-6-3-2-4-7-15/h2-4,6-7,9-12,17-20H,5,8,13H2,1H3/p+1/t17-,18+,19-,20+/m1/s1. The van der Waals surface area contributed by atoms with Gasteiger partial charge in [-0.2, -0.15) is 0 Å². The van der Waals surface area contributed by atoms with Crippen molar-refractivity contribution in [2.24, 2.45) is 11.8 Å². The Bertz CT molecular complexity index is 954. The average molecular weight is 375 g/mol. The number of imide groups is 1. The smallest absolute Gasteiger partial charge is 0.244 e. The molecule has 0 radical (unpaired) electrons. The number of nitrogens with zero attached hydrogens (tertiary/aromatic N) is 1. The number of rotatable bonds is 3. The largest absolute Gasteiger partial charge is 0.322 e. The van der Waals surface area contributed by atoms with E-state index in [1.807, 2.05) is 49.4 Å². The van der Waals surface area contributed by atoms with Crippen molar-refractivity contribution >= 4 is 23.3 Å². The van der Waals surface area contributed by atoms with Gasteiger partial charge in [0.05, 0.1) is 12.2 Å². The number of benzene rings is 2. The molecule has 3 aliphatic rings. The van der Waals surface area contributed by atoms with E-state index in [1.54, 1.807) is 12.1 Å². The molecule has 5 heteroatoms. The normalized spacial score (nSPS) is 31.2. The van der Waals surface area contributed by atoms with Crippen molar-refractivity contribution in [1.29, 1.82) is 0 Å². The molecule has 5 atom stereocenters. The van der Waals surface area contributed by atoms with Gasteiger partial charge in [-0.3, -0.25) is 14.4 Å². The number of aryl methyl sites for hydroxylation is 1. The molecule has 5 rings (SSSR count). The molecule has 3 heterocycles. The highest BCUT2D eigenvalue weighted by Gasteiger charge is 2.68. The van der Waals surface area contributed by atoms with Gasteiger partial charge >= 0.3 is 0 Å². The Morgan fingerprint density at radius 3 is 2.36 bits per heavy atom. The van der Waals surface area contributed by atoms with Crippen LogP contribution in [-0.2, 0) is 9.59 Å². The molecular weight excluding hydrogens is 352 g/mol. The van der Waals surface area contributed by atoms with Gasteiger partial charge in [-0.25, -0.2) is 4.90 Å². The fraction of sp³-hybridized carbons (Fsp3) is 0.348. The first-order valence-electron chi connectivity index (χ1n) is 9.97. The number of hydrogen-bond acceptors (Lipinski definition) is 3. The third kappa shape index (κ3) is 2.39. The average Bonchev–Trinajstić information content (AvgIpc) is 3.35. The summed E-state index contributed by atoms with van der Waals surface area (Å²) in [5.41, 5.74) is 2.31. The van der Waals surface area contributed by atoms with E-state index in [0.29, 0.717) is 11.3 Å². The van der Waals surface area contributed by atoms with Gasteiger partial charge in [-0.1, -0.05) is 48.0 Å². The lowest BCUT2D eigenvalue weighted by atomic mass is 9.85. The predicted molar refractivity (Wildman–Crippen MR) is 104 cm³/mol. The van der Waals surface area contributed by atoms with Crippen LogP contribution < -0.4 is 9.80 Å². The molecule has 2 aromatic rings. The molecule has 1 unspecified atom stereocenters. The summed E-state index contributed by atoms with van der Waals surface area (Å²) in [7, 11) is 0. The molecule has 28 heavy (non-hydrogen) atoms. The second kappa shape index (κ2) is 6.38. The Hall–Kier alpha value is -2.79. The van der Waals surface area contributed by atoms with Crippen molar-refractivity contribution in [3.63, 3.8) is 0 Å². The van der Waals surface area contributed by atoms with Crippen molar-refractivity contribution in [3.05, 3.63) is 65.7 Å². The van der Waals surface area contributed by atoms with Crippen LogP contribution in [0.5, 0.6) is 0 Å². The number of ketones is 1. The number of Topliss-reactive ketones (excluding diaryl/α,β-unsaturated/α-hetero) is 1. The van der Waals surface area contributed by atoms with Crippen LogP contribution in [0.3, 0.4) is 0 Å². The van der Waals surface area contributed by atoms with Crippen molar-refractivity contribution in [2.45, 2.75) is 31.8 Å². The van der Waals surface area contributed by atoms with Crippen LogP contribution in [0, 0.1) is 18.8 Å². The Labute approximate surface area is 163 Å². The Morgan fingerprint density at radius 1 is 0.964 bits per heavy atom. The molecule has 0 aliphatic carbocycles. The summed E-state index contributed by atoms with van der Waals surface area (Å²) in [6.45, 7) is 2.83. The van der Waals surface area contributed by atoms with Gasteiger partial charge in [0.2, 0.25) is 17.6 Å². The Balaban J connectivity index is 1.55. The summed E-state index contributed by atoms with van der Waals surface area (Å²) in [5, 5.41) is 0. The fourth-order valence-corrected chi connectivity index (χ4v) is 5.47. The van der Waals surface area contributed by atoms with Crippen LogP contribution in [0.25, 0.3) is 0 Å². The summed E-state index contributed by atoms with van der Waals surface area (Å²) < 4.78 is 0. The third-order valence-corrected chi connectivity index (χ3v) is 6.68. The van der Waals surface area contributed by atoms with Crippen molar-refractivity contribution in [1.82, 2.24) is 0 Å². The van der Waals surface area contributed by atoms with Crippen LogP contribution in [0.2, 0.25) is 0 Å². The fourth-order valence-electron chi connectivity index (χ4n) is 5.47. The minimum atomic E-state index is -0.554. The number of amides is 2. The first-order valence-corrected chi connectivity index (χ1v) is 9.97. The lowest BCUT2D eigenvalue weighted by Crippen LogP contribution is -3.16. The van der Waals surface area contributed by atoms with E-state index in [-0.39, 0.29) is 29.6 Å². The van der Waals surface area contributed by atoms with Gasteiger partial charge in [0.15, 0.2) is 6.04 Å². The summed E-state index contributed by atoms with van der Waals surface area (Å²) in [6, 6.07) is 16.2. The molecule has 1 N–H and O–H groups in total. The van der Waals surface area contributed by atoms with Crippen LogP contribution >= 0.6 is 0 Å². The predicted octanol–water partition coefficient (Wildman–Crippen LogP) is 1.41. The van der Waals surface area contributed by atoms with Gasteiger partial charge in [-0.15, -0.1) is 0 Å². The minimum absolute atomic E-state index is 0.0121. The molecule has 0 saturated carbocycles. The molecule has 0 aromatic heterocycles. The third-order valence-electron chi connectivity index (χ3n) is 6.68. The molecular formula is C23H23N2O3+. The van der Waals surface area contributed by atoms with E-state index in [1.165, 1.54) is 4.90 Å². The van der Waals surface area contributed by atoms with Crippen LogP contribution in [0.4, 0.5) is 5.69 Å². The number of carbonyl (C=O) groups is 3. The minimum Gasteiger partial charge on any atom is -0.322 e. The quantitative estimate of drug-likeness (QED) is 0.652. The molecule has 2 aromatic carbocycles. The first-order chi connectivity index (χ1) is 13.6. The topological polar surface area (TPSA) is 58.9 Å². The monoisotopic (exact) mass is 375 g/mol. The molecule has 3 saturated heterocycles. The maximum atomic E-state index is 13.4. The number of carbonyl (C=O) groups excluding carboxylic acids is 3. The van der Waals surface area contributed by atoms with Gasteiger partial charge in [0.25, 0.3) is 0 Å². The van der Waals surface area contributed by atoms with Crippen molar-refractivity contribution < 1.29 is 19.3 Å². The SMILES string of the molecule is Cc1ccc(N2C(=O)[C@@H]3[C@@H](C2=O)[C@@H](C(=O)c2ccccc2)[NH+]2CCC[C@H]32)cc1. The number of fused-ring (bicyclic) bond motifs is 3. The molecule has 0 spiro atoms. The highest BCUT2D eigenvalue weighted by atomic mass is 16.2. The number of hydrogen-bond donors (Lipinski definition) is 1. The molecule has 142 valence electrons. The van der Waals surface area contributed by atoms with Gasteiger partial charge in [0.1, 0.15) is 17.9 Å². The van der Waals surface area contributed by atoms with Crippen molar-refractivity contribution in [2.75, 3.05) is 11.4 Å². The van der Waals surface area contributed by atoms with Gasteiger partial charge in [-0.05, 0) is 19.1 Å². The Kier molecular flexibility index (Phi) is 3.95. The highest BCUT2D eigenvalue weighted by molar-refractivity contribution is 6.24. The van der Waals surface area contributed by atoms with E-state index in [0.717, 1.165) is 29.8 Å². The van der Waals surface area contributed by atoms with Crippen LogP contribution in [-0.4, -0.2) is 36.2 Å². The maximum Gasteiger partial charge on any atom is 0.244 e. The molecule has 2 amide bonds. The lowest BCUT2D eigenvalue weighted by Gasteiger charge is -2.25. The van der Waals surface area contributed by atoms with E-state index in [9.17, 15) is 14.4 Å². The molecule has 3 fully saturated rings. The zero-order valence-corrected chi connectivity index (χ0v) is 15.8. The first kappa shape index (κ1) is 17.3. The Morgan fingerprint density at radius 2 is 1.64 bits per heavy atom. The summed E-state index contributed by atoms with van der Waals surface area (Å²) >= 11 is 0. The molecule has 0 bridgehead atoms. The second-order valence-corrected chi connectivity index (χ2v) is 8.18. The number of anilines is 1. The number of quaternary nitrogens is 1. The second-order valence-electron chi connectivity index (χ2n) is 8.18. The zero-order valence-electron chi connectivity index (χ0n) is 15.8. The van der Waals surface area contributed by atoms with E-state index in [2.05, 4.69) is 0 Å². The van der Waals surface area contributed by atoms with Crippen molar-refractivity contribution in [3.8, 4) is 0 Å². The summed E-state index contributed by atoms with van der Waals surface area (Å²) in [5.74, 6) is -1.30. The molecule has 3 aliphatic heterocycles. The summed E-state index contributed by atoms with van der Waals surface area (Å²) in [6.07, 6.45) is 1.89. The van der Waals surface area contributed by atoms with E-state index >= 15 is 0 Å². The maximum absolute atomic E-state index is 13.4. The van der Waals surface area contributed by atoms with Gasteiger partial charge in [0, 0.05) is 18.4 Å².